The van der Waals surface area contributed by atoms with Gasteiger partial charge in [-0.3, -0.25) is 9.36 Å². The maximum absolute atomic E-state index is 13.0. The van der Waals surface area contributed by atoms with Crippen LogP contribution in [0.3, 0.4) is 0 Å². The second-order valence-electron chi connectivity index (χ2n) is 23.4. The molecule has 9 heteroatoms. The van der Waals surface area contributed by atoms with E-state index < -0.39 is 26.6 Å². The number of carbonyl (C=O) groups is 1. The molecule has 458 valence electrons. The first-order chi connectivity index (χ1) is 38.5. The molecule has 3 unspecified atom stereocenters. The zero-order valence-electron chi connectivity index (χ0n) is 52.3. The number of hydrogen-bond acceptors (Lipinski definition) is 6. The van der Waals surface area contributed by atoms with Gasteiger partial charge in [-0.15, -0.1) is 0 Å². The molecule has 0 fully saturated rings. The summed E-state index contributed by atoms with van der Waals surface area (Å²) in [5.41, 5.74) is 0. The van der Waals surface area contributed by atoms with Crippen LogP contribution in [0.4, 0.5) is 0 Å². The Labute approximate surface area is 489 Å². The van der Waals surface area contributed by atoms with Crippen molar-refractivity contribution in [2.45, 2.75) is 302 Å². The van der Waals surface area contributed by atoms with E-state index in [1.165, 1.54) is 193 Å². The summed E-state index contributed by atoms with van der Waals surface area (Å²) in [6, 6.07) is -0.905. The van der Waals surface area contributed by atoms with Crippen LogP contribution in [0, 0.1) is 0 Å². The summed E-state index contributed by atoms with van der Waals surface area (Å²) in [5.74, 6) is -0.205. The molecule has 0 saturated carbocycles. The lowest BCUT2D eigenvalue weighted by molar-refractivity contribution is -0.870. The highest BCUT2D eigenvalue weighted by atomic mass is 31.2. The summed E-state index contributed by atoms with van der Waals surface area (Å²) in [4.78, 5) is 25.5. The average Bonchev–Trinajstić information content (AvgIpc) is 3.42. The second-order valence-corrected chi connectivity index (χ2v) is 24.8. The largest absolute Gasteiger partial charge is 0.756 e. The van der Waals surface area contributed by atoms with Crippen LogP contribution in [0.2, 0.25) is 0 Å². The Bertz CT molecular complexity index is 1610. The molecule has 0 bridgehead atoms. The summed E-state index contributed by atoms with van der Waals surface area (Å²) in [5, 5.41) is 13.9. The van der Waals surface area contributed by atoms with E-state index in [1.54, 1.807) is 6.08 Å². The summed E-state index contributed by atoms with van der Waals surface area (Å²) in [6.45, 7) is 4.53. The first-order valence-electron chi connectivity index (χ1n) is 33.1. The zero-order chi connectivity index (χ0) is 57.7. The lowest BCUT2D eigenvalue weighted by Gasteiger charge is -2.29. The lowest BCUT2D eigenvalue weighted by atomic mass is 10.0. The third-order valence-electron chi connectivity index (χ3n) is 14.5. The smallest absolute Gasteiger partial charge is 0.268 e. The molecule has 2 N–H and O–H groups in total. The quantitative estimate of drug-likeness (QED) is 0.0272. The van der Waals surface area contributed by atoms with Crippen molar-refractivity contribution in [2.24, 2.45) is 0 Å². The van der Waals surface area contributed by atoms with Gasteiger partial charge in [0.2, 0.25) is 5.91 Å². The van der Waals surface area contributed by atoms with Gasteiger partial charge >= 0.3 is 0 Å². The molecule has 0 saturated heterocycles. The van der Waals surface area contributed by atoms with Gasteiger partial charge < -0.3 is 28.8 Å². The zero-order valence-corrected chi connectivity index (χ0v) is 53.2. The number of nitrogens with one attached hydrogen (secondary N) is 1. The van der Waals surface area contributed by atoms with Crippen LogP contribution in [0.1, 0.15) is 290 Å². The number of phosphoric ester groups is 1. The molecule has 79 heavy (non-hydrogen) atoms. The number of aliphatic hydroxyl groups is 1. The van der Waals surface area contributed by atoms with Crippen molar-refractivity contribution in [2.75, 3.05) is 40.9 Å². The van der Waals surface area contributed by atoms with E-state index in [0.29, 0.717) is 17.4 Å². The molecule has 0 aromatic heterocycles. The summed E-state index contributed by atoms with van der Waals surface area (Å²) >= 11 is 0. The molecule has 0 spiro atoms. The number of allylic oxidation sites excluding steroid dienone is 15. The fraction of sp³-hybridized carbons (Fsp3) is 0.757. The van der Waals surface area contributed by atoms with Crippen LogP contribution >= 0.6 is 7.82 Å². The van der Waals surface area contributed by atoms with Crippen molar-refractivity contribution in [3.05, 3.63) is 97.2 Å². The van der Waals surface area contributed by atoms with Gasteiger partial charge in [-0.1, -0.05) is 297 Å². The van der Waals surface area contributed by atoms with Crippen LogP contribution in [-0.4, -0.2) is 68.5 Å². The molecular weight excluding hydrogens is 996 g/mol. The molecule has 0 aliphatic carbocycles. The Morgan fingerprint density at radius 2 is 0.785 bits per heavy atom. The number of likely N-dealkylation sites (N-methyl/N-ethyl adjacent to an activating group) is 1. The maximum Gasteiger partial charge on any atom is 0.268 e. The number of nitrogens with zero attached hydrogens (tertiary/aromatic N) is 1. The van der Waals surface area contributed by atoms with Crippen LogP contribution in [0.5, 0.6) is 0 Å². The third kappa shape index (κ3) is 62.9. The molecule has 0 rings (SSSR count). The molecule has 0 aromatic carbocycles. The highest BCUT2D eigenvalue weighted by Crippen LogP contribution is 2.38. The molecule has 0 heterocycles. The summed E-state index contributed by atoms with van der Waals surface area (Å²) in [6.07, 6.45) is 86.7. The molecule has 0 aromatic rings. The van der Waals surface area contributed by atoms with Crippen LogP contribution in [0.25, 0.3) is 0 Å². The SMILES string of the molecule is CC/C=C\C/C=C\C/C=C\C/C=C\C/C=C\C/C=C\CCCCCCCCCCCCCCCCCCCCCCCCC(=O)NC(COP(=O)([O-])OCC[N+](C)(C)C)C(O)/C=C/CC/C=C/CCCCCCCCCCCC. The van der Waals surface area contributed by atoms with E-state index in [2.05, 4.69) is 104 Å². The molecule has 1 amide bonds. The van der Waals surface area contributed by atoms with Crippen LogP contribution in [0.15, 0.2) is 97.2 Å². The molecule has 0 aliphatic heterocycles. The topological polar surface area (TPSA) is 108 Å². The first-order valence-corrected chi connectivity index (χ1v) is 34.6. The van der Waals surface area contributed by atoms with Crippen molar-refractivity contribution >= 4 is 13.7 Å². The Balaban J connectivity index is 3.95. The minimum atomic E-state index is -4.61. The predicted octanol–water partition coefficient (Wildman–Crippen LogP) is 20.3. The standard InChI is InChI=1S/C70H127N2O6P/c1-6-8-10-12-14-16-18-20-22-24-25-26-27-28-29-30-31-32-33-34-35-36-37-38-39-40-41-42-43-44-45-46-47-48-50-52-54-56-58-60-62-64-70(74)71-68(67-78-79(75,76)77-66-65-72(3,4)5)69(73)63-61-59-57-55-53-51-49-23-21-19-17-15-13-11-9-7-2/h8,10,14,16,20,22,25-26,28-29,31-32,53,55,61,63,68-69,73H,6-7,9,11-13,15,17-19,21,23-24,27,30,33-52,54,56-60,62,64-67H2,1-5H3,(H-,71,74,75,76)/b10-8-,16-14-,22-20-,26-25-,29-28-,32-31-,55-53+,63-61+. The van der Waals surface area contributed by atoms with E-state index in [4.69, 9.17) is 9.05 Å². The molecule has 0 radical (unpaired) electrons. The van der Waals surface area contributed by atoms with Gasteiger partial charge in [-0.2, -0.15) is 0 Å². The lowest BCUT2D eigenvalue weighted by Crippen LogP contribution is -2.45. The Morgan fingerprint density at radius 3 is 1.18 bits per heavy atom. The van der Waals surface area contributed by atoms with Crippen LogP contribution < -0.4 is 10.2 Å². The monoisotopic (exact) mass is 1120 g/mol. The van der Waals surface area contributed by atoms with E-state index >= 15 is 0 Å². The van der Waals surface area contributed by atoms with Crippen molar-refractivity contribution in [1.82, 2.24) is 5.32 Å². The Hall–Kier alpha value is -2.58. The maximum atomic E-state index is 13.0. The minimum Gasteiger partial charge on any atom is -0.756 e. The molecular formula is C70H127N2O6P. The van der Waals surface area contributed by atoms with Gasteiger partial charge in [-0.25, -0.2) is 0 Å². The molecule has 3 atom stereocenters. The molecule has 8 nitrogen and oxygen atoms in total. The van der Waals surface area contributed by atoms with Gasteiger partial charge in [0.15, 0.2) is 0 Å². The predicted molar refractivity (Wildman–Crippen MR) is 343 cm³/mol. The van der Waals surface area contributed by atoms with Gasteiger partial charge in [0, 0.05) is 6.42 Å². The normalized spacial score (nSPS) is 14.4. The number of unbranched alkanes of at least 4 members (excludes halogenated alkanes) is 33. The van der Waals surface area contributed by atoms with Crippen molar-refractivity contribution in [1.29, 1.82) is 0 Å². The van der Waals surface area contributed by atoms with Crippen molar-refractivity contribution in [3.8, 4) is 0 Å². The van der Waals surface area contributed by atoms with Gasteiger partial charge in [-0.05, 0) is 83.5 Å². The van der Waals surface area contributed by atoms with Gasteiger partial charge in [0.05, 0.1) is 39.9 Å². The number of carbonyl (C=O) groups excluding carboxylic acids is 1. The van der Waals surface area contributed by atoms with E-state index in [0.717, 1.165) is 77.0 Å². The highest BCUT2D eigenvalue weighted by molar-refractivity contribution is 7.45. The number of phosphoric acid groups is 1. The fourth-order valence-corrected chi connectivity index (χ4v) is 10.1. The third-order valence-corrected chi connectivity index (χ3v) is 15.5. The van der Waals surface area contributed by atoms with Crippen LogP contribution in [-0.2, 0) is 18.4 Å². The summed E-state index contributed by atoms with van der Waals surface area (Å²) < 4.78 is 23.4. The van der Waals surface area contributed by atoms with E-state index in [1.807, 2.05) is 27.2 Å². The number of hydrogen-bond donors (Lipinski definition) is 2. The minimum absolute atomic E-state index is 0.00744. The number of aliphatic hydroxyl groups excluding tert-OH is 1. The average molecular weight is 1120 g/mol. The summed E-state index contributed by atoms with van der Waals surface area (Å²) in [7, 11) is 1.25. The Morgan fingerprint density at radius 1 is 0.456 bits per heavy atom. The first kappa shape index (κ1) is 76.4. The van der Waals surface area contributed by atoms with E-state index in [-0.39, 0.29) is 12.5 Å². The molecule has 0 aliphatic rings. The van der Waals surface area contributed by atoms with E-state index in [9.17, 15) is 19.4 Å². The number of amides is 1. The van der Waals surface area contributed by atoms with Gasteiger partial charge in [0.25, 0.3) is 7.82 Å². The van der Waals surface area contributed by atoms with Gasteiger partial charge in [0.1, 0.15) is 13.2 Å². The number of quaternary nitrogens is 1. The second kappa shape index (κ2) is 60.0. The number of rotatable bonds is 60. The van der Waals surface area contributed by atoms with Crippen molar-refractivity contribution < 1.29 is 32.9 Å². The Kier molecular flexibility index (Phi) is 58.1. The fourth-order valence-electron chi connectivity index (χ4n) is 9.41. The highest BCUT2D eigenvalue weighted by Gasteiger charge is 2.23. The van der Waals surface area contributed by atoms with Crippen molar-refractivity contribution in [3.63, 3.8) is 0 Å².